The van der Waals surface area contributed by atoms with E-state index in [0.717, 1.165) is 41.1 Å². The molecule has 2 heterocycles. The summed E-state index contributed by atoms with van der Waals surface area (Å²) in [5, 5.41) is 4.69. The number of methoxy groups -OCH3 is 1. The minimum atomic E-state index is -0.0869. The number of carbonyl (C=O) groups excluding carboxylic acids is 1. The molecule has 4 rings (SSSR count). The van der Waals surface area contributed by atoms with Gasteiger partial charge in [0.25, 0.3) is 0 Å². The zero-order valence-electron chi connectivity index (χ0n) is 15.6. The van der Waals surface area contributed by atoms with Crippen molar-refractivity contribution in [3.8, 4) is 5.75 Å². The first kappa shape index (κ1) is 18.4. The van der Waals surface area contributed by atoms with Crippen molar-refractivity contribution in [3.05, 3.63) is 59.8 Å². The number of hydrogen-bond donors (Lipinski definition) is 1. The summed E-state index contributed by atoms with van der Waals surface area (Å²) in [6.07, 6.45) is 1.80. The molecule has 3 aromatic rings. The second kappa shape index (κ2) is 7.94. The van der Waals surface area contributed by atoms with Crippen molar-refractivity contribution in [1.82, 2.24) is 9.88 Å². The molecule has 7 heteroatoms. The smallest absolute Gasteiger partial charge is 0.321 e. The van der Waals surface area contributed by atoms with Gasteiger partial charge in [0.15, 0.2) is 0 Å². The van der Waals surface area contributed by atoms with Crippen LogP contribution in [0.3, 0.4) is 0 Å². The highest BCUT2D eigenvalue weighted by molar-refractivity contribution is 6.31. The van der Waals surface area contributed by atoms with E-state index in [4.69, 9.17) is 16.3 Å². The van der Waals surface area contributed by atoms with E-state index in [0.29, 0.717) is 18.1 Å². The summed E-state index contributed by atoms with van der Waals surface area (Å²) in [6.45, 7) is 2.83. The van der Waals surface area contributed by atoms with Gasteiger partial charge >= 0.3 is 6.03 Å². The lowest BCUT2D eigenvalue weighted by molar-refractivity contribution is 0.208. The van der Waals surface area contributed by atoms with E-state index in [1.807, 2.05) is 53.4 Å². The molecular formula is C21H21ClN4O2. The van der Waals surface area contributed by atoms with Crippen LogP contribution < -0.4 is 15.0 Å². The number of nitrogens with zero attached hydrogens (tertiary/aromatic N) is 3. The molecule has 0 radical (unpaired) electrons. The molecule has 0 aliphatic carbocycles. The number of piperazine rings is 1. The Labute approximate surface area is 168 Å². The number of anilines is 2. The largest absolute Gasteiger partial charge is 0.497 e. The number of rotatable bonds is 3. The van der Waals surface area contributed by atoms with Crippen molar-refractivity contribution >= 4 is 39.9 Å². The van der Waals surface area contributed by atoms with Gasteiger partial charge in [0.05, 0.1) is 12.6 Å². The summed E-state index contributed by atoms with van der Waals surface area (Å²) >= 11 is 6.08. The molecule has 28 heavy (non-hydrogen) atoms. The topological polar surface area (TPSA) is 57.7 Å². The molecule has 2 aromatic carbocycles. The number of ether oxygens (including phenoxy) is 1. The fraction of sp³-hybridized carbons (Fsp3) is 0.238. The van der Waals surface area contributed by atoms with Crippen molar-refractivity contribution in [2.24, 2.45) is 0 Å². The molecule has 0 unspecified atom stereocenters. The molecule has 0 bridgehead atoms. The van der Waals surface area contributed by atoms with Crippen LogP contribution in [-0.2, 0) is 0 Å². The Morgan fingerprint density at radius 1 is 1.07 bits per heavy atom. The number of amides is 2. The Balaban J connectivity index is 1.41. The lowest BCUT2D eigenvalue weighted by Crippen LogP contribution is -2.50. The minimum Gasteiger partial charge on any atom is -0.497 e. The number of aromatic nitrogens is 1. The van der Waals surface area contributed by atoms with Crippen molar-refractivity contribution in [2.45, 2.75) is 0 Å². The van der Waals surface area contributed by atoms with Crippen LogP contribution in [-0.4, -0.2) is 49.2 Å². The van der Waals surface area contributed by atoms with E-state index in [-0.39, 0.29) is 6.03 Å². The molecule has 0 atom stereocenters. The van der Waals surface area contributed by atoms with Gasteiger partial charge < -0.3 is 19.9 Å². The minimum absolute atomic E-state index is 0.0869. The zero-order valence-corrected chi connectivity index (χ0v) is 16.3. The second-order valence-electron chi connectivity index (χ2n) is 6.62. The molecule has 2 amide bonds. The third-order valence-corrected chi connectivity index (χ3v) is 5.17. The predicted molar refractivity (Wildman–Crippen MR) is 113 cm³/mol. The molecule has 1 aliphatic rings. The van der Waals surface area contributed by atoms with Crippen LogP contribution in [0, 0.1) is 0 Å². The lowest BCUT2D eigenvalue weighted by atomic mass is 10.1. The first-order valence-electron chi connectivity index (χ1n) is 9.13. The highest BCUT2D eigenvalue weighted by Crippen LogP contribution is 2.28. The van der Waals surface area contributed by atoms with Crippen LogP contribution in [0.25, 0.3) is 10.9 Å². The van der Waals surface area contributed by atoms with Crippen LogP contribution in [0.2, 0.25) is 5.02 Å². The number of fused-ring (bicyclic) bond motifs is 1. The van der Waals surface area contributed by atoms with E-state index in [9.17, 15) is 4.79 Å². The summed E-state index contributed by atoms with van der Waals surface area (Å²) < 4.78 is 5.14. The maximum atomic E-state index is 12.6. The normalized spacial score (nSPS) is 14.2. The molecule has 0 spiro atoms. The molecule has 1 aliphatic heterocycles. The van der Waals surface area contributed by atoms with Crippen molar-refractivity contribution < 1.29 is 9.53 Å². The highest BCUT2D eigenvalue weighted by Gasteiger charge is 2.22. The van der Waals surface area contributed by atoms with E-state index in [2.05, 4.69) is 15.2 Å². The van der Waals surface area contributed by atoms with E-state index in [1.54, 1.807) is 13.3 Å². The SMILES string of the molecule is COc1ccc(NC(=O)N2CCN(c3ccnc4cc(Cl)ccc34)CC2)cc1. The van der Waals surface area contributed by atoms with Crippen molar-refractivity contribution in [1.29, 1.82) is 0 Å². The number of hydrogen-bond acceptors (Lipinski definition) is 4. The van der Waals surface area contributed by atoms with E-state index < -0.39 is 0 Å². The monoisotopic (exact) mass is 396 g/mol. The Morgan fingerprint density at radius 2 is 1.82 bits per heavy atom. The van der Waals surface area contributed by atoms with Crippen molar-refractivity contribution in [3.63, 3.8) is 0 Å². The van der Waals surface area contributed by atoms with E-state index in [1.165, 1.54) is 0 Å². The van der Waals surface area contributed by atoms with Crippen LogP contribution in [0.15, 0.2) is 54.7 Å². The molecule has 1 N–H and O–H groups in total. The Hall–Kier alpha value is -2.99. The van der Waals surface area contributed by atoms with Gasteiger partial charge in [-0.15, -0.1) is 0 Å². The van der Waals surface area contributed by atoms with Gasteiger partial charge in [-0.25, -0.2) is 4.79 Å². The highest BCUT2D eigenvalue weighted by atomic mass is 35.5. The maximum absolute atomic E-state index is 12.6. The van der Waals surface area contributed by atoms with Gasteiger partial charge in [-0.05, 0) is 48.5 Å². The molecule has 1 fully saturated rings. The Bertz CT molecular complexity index is 985. The first-order valence-corrected chi connectivity index (χ1v) is 9.51. The average Bonchev–Trinajstić information content (AvgIpc) is 2.73. The lowest BCUT2D eigenvalue weighted by Gasteiger charge is -2.36. The van der Waals surface area contributed by atoms with Crippen LogP contribution in [0.1, 0.15) is 0 Å². The molecule has 0 saturated carbocycles. The number of pyridine rings is 1. The Morgan fingerprint density at radius 3 is 2.54 bits per heavy atom. The van der Waals surface area contributed by atoms with Gasteiger partial charge in [-0.1, -0.05) is 11.6 Å². The fourth-order valence-electron chi connectivity index (χ4n) is 3.41. The molecule has 144 valence electrons. The number of urea groups is 1. The van der Waals surface area contributed by atoms with Gasteiger partial charge in [-0.3, -0.25) is 4.98 Å². The third kappa shape index (κ3) is 3.82. The number of benzene rings is 2. The van der Waals surface area contributed by atoms with E-state index >= 15 is 0 Å². The van der Waals surface area contributed by atoms with Crippen LogP contribution in [0.5, 0.6) is 5.75 Å². The molecular weight excluding hydrogens is 376 g/mol. The third-order valence-electron chi connectivity index (χ3n) is 4.93. The van der Waals surface area contributed by atoms with Crippen LogP contribution >= 0.6 is 11.6 Å². The van der Waals surface area contributed by atoms with Gasteiger partial charge in [-0.2, -0.15) is 0 Å². The molecule has 1 saturated heterocycles. The predicted octanol–water partition coefficient (Wildman–Crippen LogP) is 4.25. The van der Waals surface area contributed by atoms with Gasteiger partial charge in [0.1, 0.15) is 5.75 Å². The van der Waals surface area contributed by atoms with Gasteiger partial charge in [0.2, 0.25) is 0 Å². The summed E-state index contributed by atoms with van der Waals surface area (Å²) in [4.78, 5) is 21.1. The first-order chi connectivity index (χ1) is 13.6. The summed E-state index contributed by atoms with van der Waals surface area (Å²) in [5.41, 5.74) is 2.76. The van der Waals surface area contributed by atoms with Gasteiger partial charge in [0, 0.05) is 54.2 Å². The maximum Gasteiger partial charge on any atom is 0.321 e. The standard InChI is InChI=1S/C21H21ClN4O2/c1-28-17-5-3-16(4-6-17)24-21(27)26-12-10-25(11-13-26)20-8-9-23-19-14-15(22)2-7-18(19)20/h2-9,14H,10-13H2,1H3,(H,24,27). The zero-order chi connectivity index (χ0) is 19.5. The summed E-state index contributed by atoms with van der Waals surface area (Å²) in [5.74, 6) is 0.762. The average molecular weight is 397 g/mol. The van der Waals surface area contributed by atoms with Crippen molar-refractivity contribution in [2.75, 3.05) is 43.5 Å². The van der Waals surface area contributed by atoms with Crippen LogP contribution in [0.4, 0.5) is 16.2 Å². The summed E-state index contributed by atoms with van der Waals surface area (Å²) in [6, 6.07) is 15.0. The quantitative estimate of drug-likeness (QED) is 0.719. The Kier molecular flexibility index (Phi) is 5.21. The molecule has 6 nitrogen and oxygen atoms in total. The number of halogens is 1. The fourth-order valence-corrected chi connectivity index (χ4v) is 3.58. The number of nitrogens with one attached hydrogen (secondary N) is 1. The summed E-state index contributed by atoms with van der Waals surface area (Å²) in [7, 11) is 1.62. The number of carbonyl (C=O) groups is 1. The molecule has 1 aromatic heterocycles. The second-order valence-corrected chi connectivity index (χ2v) is 7.06.